The standard InChI is InChI=1S/C19H22ClN5O3S/c1-13-12-29-18(21-13)10-16(26)22-23-17(27)11-24-6-8-25(9-7-24)19(28)14-2-4-15(20)5-3-14/h2-5,12H,6-11H2,1H3,(H,22,26)(H,23,27). The van der Waals surface area contributed by atoms with Crippen molar-refractivity contribution in [2.45, 2.75) is 13.3 Å². The van der Waals surface area contributed by atoms with E-state index in [2.05, 4.69) is 15.8 Å². The third-order valence-corrected chi connectivity index (χ3v) is 5.66. The molecule has 0 radical (unpaired) electrons. The first-order valence-corrected chi connectivity index (χ1v) is 10.4. The van der Waals surface area contributed by atoms with E-state index >= 15 is 0 Å². The van der Waals surface area contributed by atoms with Gasteiger partial charge in [0.2, 0.25) is 5.91 Å². The van der Waals surface area contributed by atoms with Crippen molar-refractivity contribution < 1.29 is 14.4 Å². The normalized spacial score (nSPS) is 14.5. The first-order valence-electron chi connectivity index (χ1n) is 9.16. The van der Waals surface area contributed by atoms with Crippen LogP contribution in [0.4, 0.5) is 0 Å². The number of carbonyl (C=O) groups is 3. The lowest BCUT2D eigenvalue weighted by molar-refractivity contribution is -0.129. The fraction of sp³-hybridized carbons (Fsp3) is 0.368. The zero-order chi connectivity index (χ0) is 20.8. The second-order valence-corrected chi connectivity index (χ2v) is 8.11. The molecule has 154 valence electrons. The summed E-state index contributed by atoms with van der Waals surface area (Å²) in [5, 5.41) is 3.17. The fourth-order valence-electron chi connectivity index (χ4n) is 2.93. The summed E-state index contributed by atoms with van der Waals surface area (Å²) >= 11 is 7.27. The molecule has 2 aromatic rings. The predicted molar refractivity (Wildman–Crippen MR) is 111 cm³/mol. The number of benzene rings is 1. The molecule has 0 spiro atoms. The number of nitrogens with one attached hydrogen (secondary N) is 2. The van der Waals surface area contributed by atoms with Crippen LogP contribution in [0.1, 0.15) is 21.1 Å². The highest BCUT2D eigenvalue weighted by molar-refractivity contribution is 7.09. The number of hydrogen-bond donors (Lipinski definition) is 2. The van der Waals surface area contributed by atoms with Crippen LogP contribution in [0.15, 0.2) is 29.6 Å². The van der Waals surface area contributed by atoms with Gasteiger partial charge in [-0.05, 0) is 31.2 Å². The minimum atomic E-state index is -0.314. The lowest BCUT2D eigenvalue weighted by Crippen LogP contribution is -2.53. The molecule has 2 heterocycles. The van der Waals surface area contributed by atoms with Gasteiger partial charge in [0.1, 0.15) is 5.01 Å². The van der Waals surface area contributed by atoms with Crippen LogP contribution in [0, 0.1) is 6.92 Å². The maximum Gasteiger partial charge on any atom is 0.253 e. The lowest BCUT2D eigenvalue weighted by atomic mass is 10.2. The van der Waals surface area contributed by atoms with Gasteiger partial charge in [0.15, 0.2) is 0 Å². The van der Waals surface area contributed by atoms with E-state index in [1.54, 1.807) is 29.2 Å². The lowest BCUT2D eigenvalue weighted by Gasteiger charge is -2.34. The van der Waals surface area contributed by atoms with E-state index in [1.807, 2.05) is 17.2 Å². The number of rotatable bonds is 5. The number of carbonyl (C=O) groups excluding carboxylic acids is 3. The maximum absolute atomic E-state index is 12.5. The third-order valence-electron chi connectivity index (χ3n) is 4.44. The highest BCUT2D eigenvalue weighted by atomic mass is 35.5. The zero-order valence-electron chi connectivity index (χ0n) is 16.0. The number of hydrogen-bond acceptors (Lipinski definition) is 6. The van der Waals surface area contributed by atoms with E-state index in [9.17, 15) is 14.4 Å². The Morgan fingerprint density at radius 1 is 1.07 bits per heavy atom. The van der Waals surface area contributed by atoms with Crippen molar-refractivity contribution in [1.82, 2.24) is 25.6 Å². The second kappa shape index (κ2) is 9.82. The molecule has 1 fully saturated rings. The van der Waals surface area contributed by atoms with Gasteiger partial charge in [-0.25, -0.2) is 4.98 Å². The quantitative estimate of drug-likeness (QED) is 0.689. The number of hydrazine groups is 1. The summed E-state index contributed by atoms with van der Waals surface area (Å²) in [6, 6.07) is 6.80. The first kappa shape index (κ1) is 21.2. The van der Waals surface area contributed by atoms with Gasteiger partial charge in [-0.1, -0.05) is 11.6 Å². The number of aryl methyl sites for hydroxylation is 1. The van der Waals surface area contributed by atoms with E-state index in [0.717, 1.165) is 5.69 Å². The van der Waals surface area contributed by atoms with E-state index < -0.39 is 0 Å². The predicted octanol–water partition coefficient (Wildman–Crippen LogP) is 1.25. The number of amides is 3. The zero-order valence-corrected chi connectivity index (χ0v) is 17.6. The molecule has 3 rings (SSSR count). The number of aromatic nitrogens is 1. The van der Waals surface area contributed by atoms with Crippen molar-refractivity contribution in [3.8, 4) is 0 Å². The summed E-state index contributed by atoms with van der Waals surface area (Å²) in [7, 11) is 0. The third kappa shape index (κ3) is 6.25. The molecule has 1 aromatic carbocycles. The second-order valence-electron chi connectivity index (χ2n) is 6.73. The average molecular weight is 436 g/mol. The minimum Gasteiger partial charge on any atom is -0.336 e. The average Bonchev–Trinajstić information content (AvgIpc) is 3.11. The fourth-order valence-corrected chi connectivity index (χ4v) is 3.83. The van der Waals surface area contributed by atoms with E-state index in [1.165, 1.54) is 11.3 Å². The molecule has 10 heteroatoms. The molecule has 1 aliphatic heterocycles. The van der Waals surface area contributed by atoms with Crippen molar-refractivity contribution in [2.75, 3.05) is 32.7 Å². The van der Waals surface area contributed by atoms with Crippen molar-refractivity contribution in [1.29, 1.82) is 0 Å². The molecule has 29 heavy (non-hydrogen) atoms. The summed E-state index contributed by atoms with van der Waals surface area (Å²) in [6.07, 6.45) is 0.129. The molecule has 0 bridgehead atoms. The van der Waals surface area contributed by atoms with Gasteiger partial charge in [0.05, 0.1) is 13.0 Å². The Balaban J connectivity index is 1.37. The van der Waals surface area contributed by atoms with Gasteiger partial charge in [0, 0.05) is 47.8 Å². The minimum absolute atomic E-state index is 0.0459. The van der Waals surface area contributed by atoms with Gasteiger partial charge < -0.3 is 4.90 Å². The van der Waals surface area contributed by atoms with Crippen LogP contribution in [0.25, 0.3) is 0 Å². The summed E-state index contributed by atoms with van der Waals surface area (Å²) in [5.41, 5.74) is 6.30. The van der Waals surface area contributed by atoms with Crippen LogP contribution in [-0.4, -0.2) is 65.2 Å². The van der Waals surface area contributed by atoms with Gasteiger partial charge in [0.25, 0.3) is 11.8 Å². The number of thiazole rings is 1. The molecular formula is C19H22ClN5O3S. The summed E-state index contributed by atoms with van der Waals surface area (Å²) in [4.78, 5) is 44.4. The van der Waals surface area contributed by atoms with Gasteiger partial charge >= 0.3 is 0 Å². The van der Waals surface area contributed by atoms with Crippen molar-refractivity contribution in [3.63, 3.8) is 0 Å². The first-order chi connectivity index (χ1) is 13.9. The Morgan fingerprint density at radius 3 is 2.34 bits per heavy atom. The molecule has 8 nitrogen and oxygen atoms in total. The van der Waals surface area contributed by atoms with Crippen LogP contribution in [-0.2, 0) is 16.0 Å². The summed E-state index contributed by atoms with van der Waals surface area (Å²) < 4.78 is 0. The van der Waals surface area contributed by atoms with Crippen LogP contribution >= 0.6 is 22.9 Å². The Bertz CT molecular complexity index is 878. The van der Waals surface area contributed by atoms with E-state index in [-0.39, 0.29) is 30.7 Å². The maximum atomic E-state index is 12.5. The smallest absolute Gasteiger partial charge is 0.253 e. The van der Waals surface area contributed by atoms with Gasteiger partial charge in [-0.2, -0.15) is 0 Å². The Hall–Kier alpha value is -2.49. The van der Waals surface area contributed by atoms with Crippen LogP contribution in [0.5, 0.6) is 0 Å². The SMILES string of the molecule is Cc1csc(CC(=O)NNC(=O)CN2CCN(C(=O)c3ccc(Cl)cc3)CC2)n1. The van der Waals surface area contributed by atoms with Crippen LogP contribution in [0.2, 0.25) is 5.02 Å². The molecule has 0 aliphatic carbocycles. The molecule has 1 saturated heterocycles. The largest absolute Gasteiger partial charge is 0.336 e. The van der Waals surface area contributed by atoms with Crippen LogP contribution < -0.4 is 10.9 Å². The summed E-state index contributed by atoms with van der Waals surface area (Å²) in [5.74, 6) is -0.660. The highest BCUT2D eigenvalue weighted by Gasteiger charge is 2.23. The molecule has 1 aliphatic rings. The van der Waals surface area contributed by atoms with E-state index in [0.29, 0.717) is 41.8 Å². The number of piperazine rings is 1. The molecule has 0 atom stereocenters. The topological polar surface area (TPSA) is 94.6 Å². The van der Waals surface area contributed by atoms with Gasteiger partial charge in [-0.15, -0.1) is 11.3 Å². The van der Waals surface area contributed by atoms with Crippen molar-refractivity contribution >= 4 is 40.7 Å². The summed E-state index contributed by atoms with van der Waals surface area (Å²) in [6.45, 7) is 4.25. The number of nitrogens with zero attached hydrogens (tertiary/aromatic N) is 3. The molecule has 2 N–H and O–H groups in total. The molecule has 1 aromatic heterocycles. The molecule has 3 amide bonds. The highest BCUT2D eigenvalue weighted by Crippen LogP contribution is 2.13. The van der Waals surface area contributed by atoms with Gasteiger partial charge in [-0.3, -0.25) is 30.1 Å². The van der Waals surface area contributed by atoms with E-state index in [4.69, 9.17) is 11.6 Å². The monoisotopic (exact) mass is 435 g/mol. The van der Waals surface area contributed by atoms with Crippen LogP contribution in [0.3, 0.4) is 0 Å². The Kier molecular flexibility index (Phi) is 7.18. The molecule has 0 unspecified atom stereocenters. The van der Waals surface area contributed by atoms with Crippen molar-refractivity contribution in [2.24, 2.45) is 0 Å². The molecule has 0 saturated carbocycles. The number of halogens is 1. The Labute approximate surface area is 177 Å². The van der Waals surface area contributed by atoms with Crippen molar-refractivity contribution in [3.05, 3.63) is 50.9 Å². The molecular weight excluding hydrogens is 414 g/mol. The Morgan fingerprint density at radius 2 is 1.72 bits per heavy atom.